The third-order valence-electron chi connectivity index (χ3n) is 3.12. The van der Waals surface area contributed by atoms with Crippen LogP contribution in [0.25, 0.3) is 0 Å². The molecule has 0 atom stereocenters. The molecule has 0 saturated carbocycles. The first-order chi connectivity index (χ1) is 8.37. The van der Waals surface area contributed by atoms with Crippen molar-refractivity contribution in [2.75, 3.05) is 19.4 Å². The highest BCUT2D eigenvalue weighted by molar-refractivity contribution is 6.23. The van der Waals surface area contributed by atoms with Crippen molar-refractivity contribution in [1.29, 1.82) is 0 Å². The summed E-state index contributed by atoms with van der Waals surface area (Å²) in [5, 5.41) is 0. The van der Waals surface area contributed by atoms with Crippen molar-refractivity contribution in [3.05, 3.63) is 29.3 Å². The molecule has 0 aromatic heterocycles. The summed E-state index contributed by atoms with van der Waals surface area (Å²) in [5.74, 6) is -0.661. The van der Waals surface area contributed by atoms with Crippen LogP contribution < -0.4 is 5.73 Å². The van der Waals surface area contributed by atoms with Gasteiger partial charge in [0.1, 0.15) is 0 Å². The van der Waals surface area contributed by atoms with Gasteiger partial charge in [-0.25, -0.2) is 0 Å². The van der Waals surface area contributed by atoms with Crippen LogP contribution >= 0.6 is 0 Å². The lowest BCUT2D eigenvalue weighted by Gasteiger charge is -2.27. The lowest BCUT2D eigenvalue weighted by atomic mass is 10.1. The van der Waals surface area contributed by atoms with E-state index < -0.39 is 5.60 Å². The van der Waals surface area contributed by atoms with Crippen molar-refractivity contribution >= 4 is 17.5 Å². The Hall–Kier alpha value is -1.88. The molecule has 5 heteroatoms. The number of ether oxygens (including phenoxy) is 1. The van der Waals surface area contributed by atoms with Gasteiger partial charge in [0.2, 0.25) is 0 Å². The molecular weight excluding hydrogens is 232 g/mol. The molecule has 0 radical (unpaired) electrons. The number of carbonyl (C=O) groups excluding carboxylic acids is 2. The number of nitrogens with two attached hydrogens (primary N) is 1. The summed E-state index contributed by atoms with van der Waals surface area (Å²) in [6.07, 6.45) is 0. The van der Waals surface area contributed by atoms with E-state index in [0.717, 1.165) is 0 Å². The van der Waals surface area contributed by atoms with Gasteiger partial charge < -0.3 is 10.5 Å². The maximum atomic E-state index is 12.2. The Balaban J connectivity index is 2.38. The highest BCUT2D eigenvalue weighted by Gasteiger charge is 2.39. The van der Waals surface area contributed by atoms with E-state index in [-0.39, 0.29) is 18.4 Å². The maximum absolute atomic E-state index is 12.2. The Morgan fingerprint density at radius 1 is 1.28 bits per heavy atom. The zero-order valence-electron chi connectivity index (χ0n) is 10.7. The third kappa shape index (κ3) is 1.86. The van der Waals surface area contributed by atoms with E-state index in [9.17, 15) is 9.59 Å². The van der Waals surface area contributed by atoms with Gasteiger partial charge in [0.15, 0.2) is 0 Å². The molecule has 0 bridgehead atoms. The number of hydrogen-bond donors (Lipinski definition) is 1. The minimum Gasteiger partial charge on any atom is -0.398 e. The van der Waals surface area contributed by atoms with Crippen LogP contribution in [-0.4, -0.2) is 36.0 Å². The SMILES string of the molecule is COC(C)(C)CN1C(=O)c2cccc(N)c2C1=O. The van der Waals surface area contributed by atoms with Crippen molar-refractivity contribution in [2.45, 2.75) is 19.4 Å². The zero-order valence-corrected chi connectivity index (χ0v) is 10.7. The second-order valence-electron chi connectivity index (χ2n) is 4.93. The zero-order chi connectivity index (χ0) is 13.5. The van der Waals surface area contributed by atoms with E-state index in [1.165, 1.54) is 4.90 Å². The second-order valence-corrected chi connectivity index (χ2v) is 4.93. The molecule has 1 aromatic carbocycles. The molecule has 0 saturated heterocycles. The standard InChI is InChI=1S/C13H16N2O3/c1-13(2,18-3)7-15-11(16)8-5-4-6-9(14)10(8)12(15)17/h4-6H,7,14H2,1-3H3. The molecule has 1 aromatic rings. The van der Waals surface area contributed by atoms with Crippen molar-refractivity contribution < 1.29 is 14.3 Å². The van der Waals surface area contributed by atoms with E-state index in [0.29, 0.717) is 16.8 Å². The number of imide groups is 1. The summed E-state index contributed by atoms with van der Waals surface area (Å²) >= 11 is 0. The molecule has 18 heavy (non-hydrogen) atoms. The van der Waals surface area contributed by atoms with Gasteiger partial charge in [0.25, 0.3) is 11.8 Å². The number of methoxy groups -OCH3 is 1. The Morgan fingerprint density at radius 2 is 1.94 bits per heavy atom. The second kappa shape index (κ2) is 4.10. The van der Waals surface area contributed by atoms with Gasteiger partial charge in [-0.2, -0.15) is 0 Å². The fourth-order valence-corrected chi connectivity index (χ4v) is 1.95. The van der Waals surface area contributed by atoms with Crippen LogP contribution in [0.3, 0.4) is 0 Å². The minimum atomic E-state index is -0.581. The average molecular weight is 248 g/mol. The van der Waals surface area contributed by atoms with Gasteiger partial charge in [-0.15, -0.1) is 0 Å². The van der Waals surface area contributed by atoms with Gasteiger partial charge >= 0.3 is 0 Å². The topological polar surface area (TPSA) is 72.6 Å². The van der Waals surface area contributed by atoms with Crippen LogP contribution in [-0.2, 0) is 4.74 Å². The quantitative estimate of drug-likeness (QED) is 0.646. The third-order valence-corrected chi connectivity index (χ3v) is 3.12. The predicted molar refractivity (Wildman–Crippen MR) is 67.3 cm³/mol. The summed E-state index contributed by atoms with van der Waals surface area (Å²) in [7, 11) is 1.55. The van der Waals surface area contributed by atoms with Gasteiger partial charge in [-0.1, -0.05) is 6.07 Å². The van der Waals surface area contributed by atoms with Gasteiger partial charge in [-0.05, 0) is 26.0 Å². The summed E-state index contributed by atoms with van der Waals surface area (Å²) in [6, 6.07) is 4.91. The molecule has 2 amide bonds. The number of amides is 2. The van der Waals surface area contributed by atoms with E-state index >= 15 is 0 Å². The summed E-state index contributed by atoms with van der Waals surface area (Å²) in [5.41, 5.74) is 6.18. The monoisotopic (exact) mass is 248 g/mol. The van der Waals surface area contributed by atoms with E-state index in [1.54, 1.807) is 25.3 Å². The first-order valence-electron chi connectivity index (χ1n) is 5.67. The van der Waals surface area contributed by atoms with Crippen LogP contribution in [0.4, 0.5) is 5.69 Å². The fraction of sp³-hybridized carbons (Fsp3) is 0.385. The number of nitrogen functional groups attached to an aromatic ring is 1. The first-order valence-corrected chi connectivity index (χ1v) is 5.67. The van der Waals surface area contributed by atoms with Crippen LogP contribution in [0.2, 0.25) is 0 Å². The lowest BCUT2D eigenvalue weighted by molar-refractivity contribution is -0.00154. The largest absolute Gasteiger partial charge is 0.398 e. The number of carbonyl (C=O) groups is 2. The van der Waals surface area contributed by atoms with Crippen molar-refractivity contribution in [3.63, 3.8) is 0 Å². The molecule has 0 aliphatic carbocycles. The molecule has 96 valence electrons. The highest BCUT2D eigenvalue weighted by atomic mass is 16.5. The van der Waals surface area contributed by atoms with E-state index in [2.05, 4.69) is 0 Å². The van der Waals surface area contributed by atoms with Crippen molar-refractivity contribution in [3.8, 4) is 0 Å². The van der Waals surface area contributed by atoms with Crippen LogP contribution in [0, 0.1) is 0 Å². The van der Waals surface area contributed by atoms with Crippen LogP contribution in [0.15, 0.2) is 18.2 Å². The summed E-state index contributed by atoms with van der Waals surface area (Å²) < 4.78 is 5.25. The molecular formula is C13H16N2O3. The fourth-order valence-electron chi connectivity index (χ4n) is 1.95. The van der Waals surface area contributed by atoms with Gasteiger partial charge in [0, 0.05) is 12.8 Å². The molecule has 5 nitrogen and oxygen atoms in total. The smallest absolute Gasteiger partial charge is 0.263 e. The van der Waals surface area contributed by atoms with E-state index in [4.69, 9.17) is 10.5 Å². The molecule has 0 spiro atoms. The summed E-state index contributed by atoms with van der Waals surface area (Å²) in [4.78, 5) is 25.5. The average Bonchev–Trinajstić information content (AvgIpc) is 2.55. The molecule has 2 rings (SSSR count). The Morgan fingerprint density at radius 3 is 2.50 bits per heavy atom. The molecule has 1 aliphatic rings. The number of rotatable bonds is 3. The normalized spacial score (nSPS) is 15.2. The minimum absolute atomic E-state index is 0.204. The highest BCUT2D eigenvalue weighted by Crippen LogP contribution is 2.28. The number of benzene rings is 1. The van der Waals surface area contributed by atoms with Gasteiger partial charge in [-0.3, -0.25) is 14.5 Å². The van der Waals surface area contributed by atoms with Crippen LogP contribution in [0.5, 0.6) is 0 Å². The number of nitrogens with zero attached hydrogens (tertiary/aromatic N) is 1. The Labute approximate surface area is 106 Å². The lowest BCUT2D eigenvalue weighted by Crippen LogP contribution is -2.43. The number of anilines is 1. The molecule has 1 aliphatic heterocycles. The van der Waals surface area contributed by atoms with Crippen molar-refractivity contribution in [1.82, 2.24) is 4.90 Å². The molecule has 1 heterocycles. The predicted octanol–water partition coefficient (Wildman–Crippen LogP) is 1.29. The molecule has 0 unspecified atom stereocenters. The first kappa shape index (κ1) is 12.6. The van der Waals surface area contributed by atoms with Crippen molar-refractivity contribution in [2.24, 2.45) is 0 Å². The Bertz CT molecular complexity index is 523. The maximum Gasteiger partial charge on any atom is 0.263 e. The number of fused-ring (bicyclic) bond motifs is 1. The van der Waals surface area contributed by atoms with Crippen LogP contribution in [0.1, 0.15) is 34.6 Å². The van der Waals surface area contributed by atoms with E-state index in [1.807, 2.05) is 13.8 Å². The molecule has 0 fully saturated rings. The molecule has 2 N–H and O–H groups in total. The Kier molecular flexibility index (Phi) is 2.86. The summed E-state index contributed by atoms with van der Waals surface area (Å²) in [6.45, 7) is 3.84. The van der Waals surface area contributed by atoms with Gasteiger partial charge in [0.05, 0.1) is 23.3 Å². The number of hydrogen-bond acceptors (Lipinski definition) is 4.